The van der Waals surface area contributed by atoms with Crippen molar-refractivity contribution >= 4 is 21.8 Å². The molecule has 1 amide bonds. The molecule has 0 aliphatic rings. The number of nitriles is 1. The molecule has 3 nitrogen and oxygen atoms in total. The molecule has 1 rings (SSSR count). The Hall–Kier alpha value is -1.41. The summed E-state index contributed by atoms with van der Waals surface area (Å²) in [5.74, 6) is -1.02. The summed E-state index contributed by atoms with van der Waals surface area (Å²) in [5, 5.41) is 8.67. The first-order valence-electron chi connectivity index (χ1n) is 5.05. The van der Waals surface area contributed by atoms with E-state index in [0.717, 1.165) is 0 Å². The maximum atomic E-state index is 13.1. The Balaban J connectivity index is 2.86. The molecule has 0 aromatic heterocycles. The van der Waals surface area contributed by atoms with Crippen molar-refractivity contribution < 1.29 is 9.18 Å². The van der Waals surface area contributed by atoms with E-state index in [4.69, 9.17) is 5.26 Å². The van der Waals surface area contributed by atoms with Gasteiger partial charge in [0.15, 0.2) is 0 Å². The Kier molecular flexibility index (Phi) is 4.64. The zero-order chi connectivity index (χ0) is 13.0. The molecule has 0 saturated carbocycles. The molecular weight excluding hydrogens is 287 g/mol. The van der Waals surface area contributed by atoms with Gasteiger partial charge in [-0.1, -0.05) is 15.9 Å². The number of hydrogen-bond acceptors (Lipinski definition) is 2. The van der Waals surface area contributed by atoms with Crippen LogP contribution in [0, 0.1) is 23.1 Å². The van der Waals surface area contributed by atoms with Crippen LogP contribution in [0.3, 0.4) is 0 Å². The third kappa shape index (κ3) is 3.82. The zero-order valence-electron chi connectivity index (χ0n) is 9.58. The van der Waals surface area contributed by atoms with Gasteiger partial charge in [0, 0.05) is 23.6 Å². The van der Waals surface area contributed by atoms with E-state index in [-0.39, 0.29) is 17.4 Å². The Bertz CT molecular complexity index is 450. The van der Waals surface area contributed by atoms with Gasteiger partial charge in [0.05, 0.1) is 12.0 Å². The number of rotatable bonds is 3. The number of amides is 1. The van der Waals surface area contributed by atoms with E-state index in [1.807, 2.05) is 6.07 Å². The van der Waals surface area contributed by atoms with Crippen molar-refractivity contribution in [3.8, 4) is 6.07 Å². The molecule has 0 saturated heterocycles. The molecule has 0 aliphatic heterocycles. The van der Waals surface area contributed by atoms with Gasteiger partial charge in [0.2, 0.25) is 0 Å². The normalized spacial score (nSPS) is 11.7. The van der Waals surface area contributed by atoms with E-state index in [2.05, 4.69) is 15.9 Å². The summed E-state index contributed by atoms with van der Waals surface area (Å²) < 4.78 is 13.6. The molecule has 1 aromatic carbocycles. The highest BCUT2D eigenvalue weighted by atomic mass is 79.9. The summed E-state index contributed by atoms with van der Waals surface area (Å²) in [6, 6.07) is 6.07. The molecule has 0 spiro atoms. The highest BCUT2D eigenvalue weighted by molar-refractivity contribution is 9.10. The van der Waals surface area contributed by atoms with Crippen molar-refractivity contribution in [1.82, 2.24) is 4.90 Å². The van der Waals surface area contributed by atoms with Crippen LogP contribution in [-0.2, 0) is 0 Å². The quantitative estimate of drug-likeness (QED) is 0.861. The fourth-order valence-corrected chi connectivity index (χ4v) is 1.90. The second kappa shape index (κ2) is 5.78. The standard InChI is InChI=1S/C12H12BrFN2O/c1-8(6-15)7-16(2)12(17)9-3-10(13)5-11(14)4-9/h3-5,8H,7H2,1-2H3. The first kappa shape index (κ1) is 13.7. The smallest absolute Gasteiger partial charge is 0.253 e. The monoisotopic (exact) mass is 298 g/mol. The lowest BCUT2D eigenvalue weighted by molar-refractivity contribution is 0.0784. The molecule has 0 bridgehead atoms. The van der Waals surface area contributed by atoms with Crippen LogP contribution >= 0.6 is 15.9 Å². The maximum Gasteiger partial charge on any atom is 0.253 e. The lowest BCUT2D eigenvalue weighted by atomic mass is 10.1. The van der Waals surface area contributed by atoms with Gasteiger partial charge in [-0.25, -0.2) is 4.39 Å². The average molecular weight is 299 g/mol. The van der Waals surface area contributed by atoms with Gasteiger partial charge in [-0.2, -0.15) is 5.26 Å². The summed E-state index contributed by atoms with van der Waals surface area (Å²) in [5.41, 5.74) is 0.268. The topological polar surface area (TPSA) is 44.1 Å². The number of carbonyl (C=O) groups is 1. The van der Waals surface area contributed by atoms with E-state index in [1.165, 1.54) is 17.0 Å². The molecule has 0 N–H and O–H groups in total. The zero-order valence-corrected chi connectivity index (χ0v) is 11.2. The minimum atomic E-state index is -0.468. The first-order chi connectivity index (χ1) is 7.93. The Morgan fingerprint density at radius 1 is 1.59 bits per heavy atom. The molecule has 1 atom stereocenters. The van der Waals surface area contributed by atoms with Crippen LogP contribution in [0.1, 0.15) is 17.3 Å². The van der Waals surface area contributed by atoms with Crippen LogP contribution < -0.4 is 0 Å². The van der Waals surface area contributed by atoms with Crippen LogP contribution in [0.4, 0.5) is 4.39 Å². The third-order valence-corrected chi connectivity index (χ3v) is 2.68. The second-order valence-corrected chi connectivity index (χ2v) is 4.79. The second-order valence-electron chi connectivity index (χ2n) is 3.87. The van der Waals surface area contributed by atoms with Crippen molar-refractivity contribution in [2.45, 2.75) is 6.92 Å². The predicted molar refractivity (Wildman–Crippen MR) is 65.8 cm³/mol. The van der Waals surface area contributed by atoms with Crippen molar-refractivity contribution in [2.75, 3.05) is 13.6 Å². The summed E-state index contributed by atoms with van der Waals surface area (Å²) >= 11 is 3.13. The van der Waals surface area contributed by atoms with Gasteiger partial charge < -0.3 is 4.90 Å². The number of nitrogens with zero attached hydrogens (tertiary/aromatic N) is 2. The predicted octanol–water partition coefficient (Wildman–Crippen LogP) is 2.82. The van der Waals surface area contributed by atoms with E-state index in [9.17, 15) is 9.18 Å². The third-order valence-electron chi connectivity index (χ3n) is 2.22. The Labute approximate surface area is 108 Å². The highest BCUT2D eigenvalue weighted by Gasteiger charge is 2.15. The molecule has 17 heavy (non-hydrogen) atoms. The molecule has 5 heteroatoms. The van der Waals surface area contributed by atoms with Gasteiger partial charge in [0.25, 0.3) is 5.91 Å². The minimum Gasteiger partial charge on any atom is -0.340 e. The van der Waals surface area contributed by atoms with E-state index >= 15 is 0 Å². The fraction of sp³-hybridized carbons (Fsp3) is 0.333. The number of carbonyl (C=O) groups excluding carboxylic acids is 1. The molecule has 0 fully saturated rings. The molecule has 90 valence electrons. The Morgan fingerprint density at radius 3 is 2.76 bits per heavy atom. The number of halogens is 2. The van der Waals surface area contributed by atoms with Gasteiger partial charge in [-0.05, 0) is 25.1 Å². The van der Waals surface area contributed by atoms with Crippen molar-refractivity contribution in [3.63, 3.8) is 0 Å². The number of hydrogen-bond donors (Lipinski definition) is 0. The van der Waals surface area contributed by atoms with Gasteiger partial charge >= 0.3 is 0 Å². The average Bonchev–Trinajstić information content (AvgIpc) is 2.26. The lowest BCUT2D eigenvalue weighted by Crippen LogP contribution is -2.30. The van der Waals surface area contributed by atoms with Gasteiger partial charge in [-0.3, -0.25) is 4.79 Å². The molecule has 0 heterocycles. The largest absolute Gasteiger partial charge is 0.340 e. The van der Waals surface area contributed by atoms with Crippen molar-refractivity contribution in [2.24, 2.45) is 5.92 Å². The van der Waals surface area contributed by atoms with Gasteiger partial charge in [-0.15, -0.1) is 0 Å². The SMILES string of the molecule is CC(C#N)CN(C)C(=O)c1cc(F)cc(Br)c1. The molecule has 0 radical (unpaired) electrons. The summed E-state index contributed by atoms with van der Waals surface area (Å²) in [4.78, 5) is 13.3. The van der Waals surface area contributed by atoms with E-state index in [1.54, 1.807) is 20.0 Å². The number of benzene rings is 1. The first-order valence-corrected chi connectivity index (χ1v) is 5.84. The van der Waals surface area contributed by atoms with Crippen LogP contribution in [0.2, 0.25) is 0 Å². The molecule has 1 aromatic rings. The highest BCUT2D eigenvalue weighted by Crippen LogP contribution is 2.16. The fourth-order valence-electron chi connectivity index (χ4n) is 1.43. The van der Waals surface area contributed by atoms with Crippen LogP contribution in [0.15, 0.2) is 22.7 Å². The van der Waals surface area contributed by atoms with Crippen molar-refractivity contribution in [1.29, 1.82) is 5.26 Å². The van der Waals surface area contributed by atoms with Crippen LogP contribution in [0.25, 0.3) is 0 Å². The summed E-state index contributed by atoms with van der Waals surface area (Å²) in [6.45, 7) is 2.05. The minimum absolute atomic E-state index is 0.249. The maximum absolute atomic E-state index is 13.1. The van der Waals surface area contributed by atoms with Crippen molar-refractivity contribution in [3.05, 3.63) is 34.1 Å². The van der Waals surface area contributed by atoms with E-state index < -0.39 is 5.82 Å². The van der Waals surface area contributed by atoms with Gasteiger partial charge in [0.1, 0.15) is 5.82 Å². The molecule has 1 unspecified atom stereocenters. The molecule has 0 aliphatic carbocycles. The van der Waals surface area contributed by atoms with Crippen LogP contribution in [0.5, 0.6) is 0 Å². The summed E-state index contributed by atoms with van der Waals surface area (Å²) in [6.07, 6.45) is 0. The summed E-state index contributed by atoms with van der Waals surface area (Å²) in [7, 11) is 1.59. The lowest BCUT2D eigenvalue weighted by Gasteiger charge is -2.18. The van der Waals surface area contributed by atoms with E-state index in [0.29, 0.717) is 11.0 Å². The molecular formula is C12H12BrFN2O. The Morgan fingerprint density at radius 2 is 2.24 bits per heavy atom. The van der Waals surface area contributed by atoms with Crippen LogP contribution in [-0.4, -0.2) is 24.4 Å².